The van der Waals surface area contributed by atoms with Crippen molar-refractivity contribution in [1.29, 1.82) is 0 Å². The van der Waals surface area contributed by atoms with E-state index in [9.17, 15) is 0 Å². The molecule has 48 valence electrons. The van der Waals surface area contributed by atoms with Crippen molar-refractivity contribution in [2.75, 3.05) is 7.05 Å². The molecule has 1 aromatic heterocycles. The van der Waals surface area contributed by atoms with Gasteiger partial charge in [-0.05, 0) is 24.1 Å². The van der Waals surface area contributed by atoms with Crippen LogP contribution >= 0.6 is 11.3 Å². The van der Waals surface area contributed by atoms with Crippen LogP contribution in [0.2, 0.25) is 0 Å². The number of hydrogen-bond donors (Lipinski definition) is 0. The molecule has 0 aromatic carbocycles. The van der Waals surface area contributed by atoms with Gasteiger partial charge in [0.2, 0.25) is 0 Å². The SMILES string of the molecule is CN1Cc2ccsc2C1. The van der Waals surface area contributed by atoms with Gasteiger partial charge < -0.3 is 0 Å². The third-order valence-corrected chi connectivity index (χ3v) is 2.64. The fraction of sp³-hybridized carbons (Fsp3) is 0.429. The molecule has 0 saturated carbocycles. The molecule has 0 unspecified atom stereocenters. The fourth-order valence-electron chi connectivity index (χ4n) is 1.24. The topological polar surface area (TPSA) is 3.24 Å². The maximum Gasteiger partial charge on any atom is 0.0331 e. The van der Waals surface area contributed by atoms with Gasteiger partial charge in [0.1, 0.15) is 0 Å². The van der Waals surface area contributed by atoms with Crippen LogP contribution in [0, 0.1) is 0 Å². The van der Waals surface area contributed by atoms with E-state index in [2.05, 4.69) is 23.4 Å². The molecule has 0 aliphatic carbocycles. The molecule has 1 aliphatic rings. The smallest absolute Gasteiger partial charge is 0.0331 e. The molecule has 0 bridgehead atoms. The molecule has 0 radical (unpaired) electrons. The minimum atomic E-state index is 1.15. The van der Waals surface area contributed by atoms with Crippen LogP contribution in [-0.2, 0) is 13.1 Å². The predicted octanol–water partition coefficient (Wildman–Crippen LogP) is 1.69. The second-order valence-corrected chi connectivity index (χ2v) is 3.54. The minimum absolute atomic E-state index is 1.15. The Morgan fingerprint density at radius 1 is 1.56 bits per heavy atom. The molecule has 0 saturated heterocycles. The average Bonchev–Trinajstić information content (AvgIpc) is 2.22. The summed E-state index contributed by atoms with van der Waals surface area (Å²) in [4.78, 5) is 3.89. The van der Waals surface area contributed by atoms with Gasteiger partial charge in [0.15, 0.2) is 0 Å². The van der Waals surface area contributed by atoms with E-state index >= 15 is 0 Å². The van der Waals surface area contributed by atoms with Crippen LogP contribution in [0.5, 0.6) is 0 Å². The average molecular weight is 139 g/mol. The number of fused-ring (bicyclic) bond motifs is 1. The second kappa shape index (κ2) is 1.82. The van der Waals surface area contributed by atoms with Gasteiger partial charge in [-0.2, -0.15) is 0 Å². The zero-order valence-electron chi connectivity index (χ0n) is 5.42. The van der Waals surface area contributed by atoms with Crippen molar-refractivity contribution in [2.45, 2.75) is 13.1 Å². The van der Waals surface area contributed by atoms with E-state index in [0.29, 0.717) is 0 Å². The van der Waals surface area contributed by atoms with Gasteiger partial charge in [-0.3, -0.25) is 4.90 Å². The summed E-state index contributed by atoms with van der Waals surface area (Å²) >= 11 is 1.87. The summed E-state index contributed by atoms with van der Waals surface area (Å²) in [6, 6.07) is 2.23. The fourth-order valence-corrected chi connectivity index (χ4v) is 2.21. The highest BCUT2D eigenvalue weighted by Crippen LogP contribution is 2.25. The number of hydrogen-bond acceptors (Lipinski definition) is 2. The Morgan fingerprint density at radius 2 is 2.44 bits per heavy atom. The van der Waals surface area contributed by atoms with Crippen LogP contribution in [0.15, 0.2) is 11.4 Å². The molecule has 2 heterocycles. The third kappa shape index (κ3) is 0.787. The van der Waals surface area contributed by atoms with Crippen LogP contribution in [0.1, 0.15) is 10.4 Å². The first-order chi connectivity index (χ1) is 4.36. The van der Waals surface area contributed by atoms with Gasteiger partial charge >= 0.3 is 0 Å². The van der Waals surface area contributed by atoms with Gasteiger partial charge in [-0.1, -0.05) is 0 Å². The molecule has 0 spiro atoms. The summed E-state index contributed by atoms with van der Waals surface area (Å²) in [6.07, 6.45) is 0. The van der Waals surface area contributed by atoms with Crippen molar-refractivity contribution in [3.05, 3.63) is 21.9 Å². The normalized spacial score (nSPS) is 18.3. The van der Waals surface area contributed by atoms with Crippen molar-refractivity contribution in [3.8, 4) is 0 Å². The Kier molecular flexibility index (Phi) is 1.10. The monoisotopic (exact) mass is 139 g/mol. The summed E-state index contributed by atoms with van der Waals surface area (Å²) in [6.45, 7) is 2.31. The quantitative estimate of drug-likeness (QED) is 0.528. The minimum Gasteiger partial charge on any atom is -0.297 e. The summed E-state index contributed by atoms with van der Waals surface area (Å²) in [7, 11) is 2.16. The van der Waals surface area contributed by atoms with Gasteiger partial charge in [0, 0.05) is 18.0 Å². The van der Waals surface area contributed by atoms with Crippen LogP contribution in [0.4, 0.5) is 0 Å². The maximum absolute atomic E-state index is 2.33. The van der Waals surface area contributed by atoms with Gasteiger partial charge in [0.05, 0.1) is 0 Å². The molecular formula is C7H9NS. The van der Waals surface area contributed by atoms with Crippen molar-refractivity contribution < 1.29 is 0 Å². The Morgan fingerprint density at radius 3 is 3.22 bits per heavy atom. The zero-order valence-corrected chi connectivity index (χ0v) is 6.24. The largest absolute Gasteiger partial charge is 0.297 e. The van der Waals surface area contributed by atoms with E-state index in [-0.39, 0.29) is 0 Å². The summed E-state index contributed by atoms with van der Waals surface area (Å²) < 4.78 is 0. The first-order valence-electron chi connectivity index (χ1n) is 3.10. The standard InChI is InChI=1S/C7H9NS/c1-8-4-6-2-3-9-7(6)5-8/h2-3H,4-5H2,1H3. The van der Waals surface area contributed by atoms with Crippen LogP contribution < -0.4 is 0 Å². The Labute approximate surface area is 58.9 Å². The lowest BCUT2D eigenvalue weighted by atomic mass is 10.3. The molecule has 0 fully saturated rings. The number of nitrogens with zero attached hydrogens (tertiary/aromatic N) is 1. The predicted molar refractivity (Wildman–Crippen MR) is 39.5 cm³/mol. The Hall–Kier alpha value is -0.340. The van der Waals surface area contributed by atoms with Crippen LogP contribution in [0.3, 0.4) is 0 Å². The van der Waals surface area contributed by atoms with Gasteiger partial charge in [-0.15, -0.1) is 11.3 Å². The van der Waals surface area contributed by atoms with E-state index in [1.54, 1.807) is 4.88 Å². The van der Waals surface area contributed by atoms with Crippen LogP contribution in [-0.4, -0.2) is 11.9 Å². The van der Waals surface area contributed by atoms with Crippen LogP contribution in [0.25, 0.3) is 0 Å². The first-order valence-corrected chi connectivity index (χ1v) is 3.98. The lowest BCUT2D eigenvalue weighted by Crippen LogP contribution is -2.07. The van der Waals surface area contributed by atoms with Crippen molar-refractivity contribution in [2.24, 2.45) is 0 Å². The molecule has 1 nitrogen and oxygen atoms in total. The van der Waals surface area contributed by atoms with Gasteiger partial charge in [-0.25, -0.2) is 0 Å². The molecule has 2 rings (SSSR count). The molecule has 0 amide bonds. The van der Waals surface area contributed by atoms with Crippen molar-refractivity contribution in [1.82, 2.24) is 4.90 Å². The van der Waals surface area contributed by atoms with E-state index in [1.807, 2.05) is 11.3 Å². The molecule has 0 atom stereocenters. The van der Waals surface area contributed by atoms with Crippen molar-refractivity contribution in [3.63, 3.8) is 0 Å². The summed E-state index contributed by atoms with van der Waals surface area (Å²) in [5.41, 5.74) is 1.53. The van der Waals surface area contributed by atoms with E-state index in [1.165, 1.54) is 5.56 Å². The lowest BCUT2D eigenvalue weighted by Gasteiger charge is -2.02. The van der Waals surface area contributed by atoms with Gasteiger partial charge in [0.25, 0.3) is 0 Å². The second-order valence-electron chi connectivity index (χ2n) is 2.54. The molecule has 1 aliphatic heterocycles. The third-order valence-electron chi connectivity index (χ3n) is 1.69. The number of rotatable bonds is 0. The Bertz CT molecular complexity index is 196. The molecular weight excluding hydrogens is 130 g/mol. The van der Waals surface area contributed by atoms with E-state index in [0.717, 1.165) is 13.1 Å². The molecule has 1 aromatic rings. The van der Waals surface area contributed by atoms with Crippen molar-refractivity contribution >= 4 is 11.3 Å². The lowest BCUT2D eigenvalue weighted by molar-refractivity contribution is 0.354. The first kappa shape index (κ1) is 5.45. The zero-order chi connectivity index (χ0) is 6.27. The summed E-state index contributed by atoms with van der Waals surface area (Å²) in [5, 5.41) is 2.18. The summed E-state index contributed by atoms with van der Waals surface area (Å²) in [5.74, 6) is 0. The highest BCUT2D eigenvalue weighted by molar-refractivity contribution is 7.10. The highest BCUT2D eigenvalue weighted by Gasteiger charge is 2.15. The van der Waals surface area contributed by atoms with E-state index < -0.39 is 0 Å². The molecule has 2 heteroatoms. The Balaban J connectivity index is 2.39. The molecule has 9 heavy (non-hydrogen) atoms. The molecule has 0 N–H and O–H groups in total. The highest BCUT2D eigenvalue weighted by atomic mass is 32.1. The number of thiophene rings is 1. The maximum atomic E-state index is 2.33. The van der Waals surface area contributed by atoms with E-state index in [4.69, 9.17) is 0 Å².